The Balaban J connectivity index is 1.57. The number of hydrogen-bond donors (Lipinski definition) is 2. The molecule has 0 radical (unpaired) electrons. The number of nitrogens with zero attached hydrogens (tertiary/aromatic N) is 1. The van der Waals surface area contributed by atoms with E-state index < -0.39 is 12.1 Å². The quantitative estimate of drug-likeness (QED) is 0.634. The van der Waals surface area contributed by atoms with Crippen LogP contribution in [0.1, 0.15) is 40.0 Å². The van der Waals surface area contributed by atoms with Crippen LogP contribution in [-0.2, 0) is 9.59 Å². The van der Waals surface area contributed by atoms with E-state index in [-0.39, 0.29) is 24.1 Å². The topological polar surface area (TPSA) is 78.5 Å². The second-order valence-electron chi connectivity index (χ2n) is 7.70. The van der Waals surface area contributed by atoms with E-state index in [0.29, 0.717) is 18.7 Å². The molecule has 0 bridgehead atoms. The maximum absolute atomic E-state index is 13.4. The molecule has 162 valence electrons. The summed E-state index contributed by atoms with van der Waals surface area (Å²) in [5.74, 6) is -0.625. The molecule has 0 saturated carbocycles. The zero-order valence-corrected chi connectivity index (χ0v) is 17.6. The lowest BCUT2D eigenvalue weighted by molar-refractivity contribution is -0.144. The third-order valence-electron chi connectivity index (χ3n) is 5.57. The van der Waals surface area contributed by atoms with E-state index in [1.165, 1.54) is 0 Å². The number of piperazine rings is 1. The number of carbonyl (C=O) groups excluding carboxylic acids is 3. The molecule has 32 heavy (non-hydrogen) atoms. The first-order valence-electron chi connectivity index (χ1n) is 10.7. The van der Waals surface area contributed by atoms with E-state index in [1.54, 1.807) is 29.2 Å². The molecule has 0 aromatic heterocycles. The Morgan fingerprint density at radius 2 is 1.50 bits per heavy atom. The highest BCUT2D eigenvalue weighted by molar-refractivity contribution is 5.95. The highest BCUT2D eigenvalue weighted by atomic mass is 16.2. The predicted octanol–water partition coefficient (Wildman–Crippen LogP) is 3.25. The first-order chi connectivity index (χ1) is 15.6. The van der Waals surface area contributed by atoms with Crippen LogP contribution in [0.15, 0.2) is 91.0 Å². The van der Waals surface area contributed by atoms with Crippen molar-refractivity contribution in [1.82, 2.24) is 15.5 Å². The Kier molecular flexibility index (Phi) is 6.60. The normalized spacial score (nSPS) is 16.7. The molecule has 1 saturated heterocycles. The highest BCUT2D eigenvalue weighted by Crippen LogP contribution is 2.26. The van der Waals surface area contributed by atoms with E-state index in [1.807, 2.05) is 66.7 Å². The zero-order chi connectivity index (χ0) is 22.3. The predicted molar refractivity (Wildman–Crippen MR) is 122 cm³/mol. The smallest absolute Gasteiger partial charge is 0.251 e. The molecule has 2 atom stereocenters. The molecule has 3 aromatic carbocycles. The zero-order valence-electron chi connectivity index (χ0n) is 17.6. The van der Waals surface area contributed by atoms with Crippen molar-refractivity contribution in [3.05, 3.63) is 108 Å². The van der Waals surface area contributed by atoms with Gasteiger partial charge in [-0.1, -0.05) is 78.9 Å². The number of nitrogens with one attached hydrogen (secondary N) is 2. The number of rotatable bonds is 6. The van der Waals surface area contributed by atoms with Crippen molar-refractivity contribution in [3.8, 4) is 0 Å². The van der Waals surface area contributed by atoms with Gasteiger partial charge in [-0.2, -0.15) is 0 Å². The van der Waals surface area contributed by atoms with Crippen LogP contribution >= 0.6 is 0 Å². The monoisotopic (exact) mass is 427 g/mol. The van der Waals surface area contributed by atoms with Gasteiger partial charge in [0.15, 0.2) is 0 Å². The maximum Gasteiger partial charge on any atom is 0.251 e. The molecule has 0 unspecified atom stereocenters. The highest BCUT2D eigenvalue weighted by Gasteiger charge is 2.35. The standard InChI is InChI=1S/C26H25N3O3/c30-23(29-17-16-27-26(32)24(29)20-12-6-2-7-13-20)18-22(19-10-4-1-5-11-19)28-25(31)21-14-8-3-9-15-21/h1-15,22,24H,16-18H2,(H,27,32)(H,28,31)/t22-,24+/m1/s1. The molecule has 1 fully saturated rings. The molecular weight excluding hydrogens is 402 g/mol. The van der Waals surface area contributed by atoms with E-state index in [4.69, 9.17) is 0 Å². The van der Waals surface area contributed by atoms with Crippen molar-refractivity contribution in [2.24, 2.45) is 0 Å². The summed E-state index contributed by atoms with van der Waals surface area (Å²) in [7, 11) is 0. The Morgan fingerprint density at radius 1 is 0.906 bits per heavy atom. The van der Waals surface area contributed by atoms with Gasteiger partial charge in [-0.05, 0) is 23.3 Å². The van der Waals surface area contributed by atoms with Crippen LogP contribution in [0.2, 0.25) is 0 Å². The molecule has 1 heterocycles. The Morgan fingerprint density at radius 3 is 2.16 bits per heavy atom. The van der Waals surface area contributed by atoms with Gasteiger partial charge in [0.05, 0.1) is 12.5 Å². The second-order valence-corrected chi connectivity index (χ2v) is 7.70. The second kappa shape index (κ2) is 9.92. The number of hydrogen-bond acceptors (Lipinski definition) is 3. The average molecular weight is 428 g/mol. The molecule has 3 aromatic rings. The summed E-state index contributed by atoms with van der Waals surface area (Å²) in [5.41, 5.74) is 2.13. The lowest BCUT2D eigenvalue weighted by atomic mass is 9.99. The van der Waals surface area contributed by atoms with Gasteiger partial charge in [0, 0.05) is 18.7 Å². The van der Waals surface area contributed by atoms with Crippen LogP contribution in [0, 0.1) is 0 Å². The SMILES string of the molecule is O=C(N[C@H](CC(=O)N1CCNC(=O)[C@@H]1c1ccccc1)c1ccccc1)c1ccccc1. The molecule has 6 nitrogen and oxygen atoms in total. The Bertz CT molecular complexity index is 1070. The van der Waals surface area contributed by atoms with E-state index in [9.17, 15) is 14.4 Å². The molecule has 6 heteroatoms. The molecular formula is C26H25N3O3. The van der Waals surface area contributed by atoms with E-state index >= 15 is 0 Å². The molecule has 3 amide bonds. The van der Waals surface area contributed by atoms with Crippen LogP contribution < -0.4 is 10.6 Å². The molecule has 0 aliphatic carbocycles. The summed E-state index contributed by atoms with van der Waals surface area (Å²) in [6.45, 7) is 0.818. The van der Waals surface area contributed by atoms with Crippen LogP contribution in [0.3, 0.4) is 0 Å². The summed E-state index contributed by atoms with van der Waals surface area (Å²) in [6.07, 6.45) is 0.0548. The van der Waals surface area contributed by atoms with Crippen LogP contribution in [0.5, 0.6) is 0 Å². The largest absolute Gasteiger partial charge is 0.352 e. The first kappa shape index (κ1) is 21.3. The Hall–Kier alpha value is -3.93. The molecule has 1 aliphatic heterocycles. The van der Waals surface area contributed by atoms with E-state index in [0.717, 1.165) is 11.1 Å². The summed E-state index contributed by atoms with van der Waals surface area (Å²) < 4.78 is 0. The van der Waals surface area contributed by atoms with Crippen molar-refractivity contribution >= 4 is 17.7 Å². The van der Waals surface area contributed by atoms with Gasteiger partial charge in [-0.15, -0.1) is 0 Å². The summed E-state index contributed by atoms with van der Waals surface area (Å²) >= 11 is 0. The number of benzene rings is 3. The van der Waals surface area contributed by atoms with Gasteiger partial charge in [0.1, 0.15) is 6.04 Å². The first-order valence-corrected chi connectivity index (χ1v) is 10.7. The van der Waals surface area contributed by atoms with Crippen LogP contribution in [-0.4, -0.2) is 35.7 Å². The van der Waals surface area contributed by atoms with Gasteiger partial charge in [-0.25, -0.2) is 0 Å². The van der Waals surface area contributed by atoms with Gasteiger partial charge < -0.3 is 15.5 Å². The number of amides is 3. The van der Waals surface area contributed by atoms with Gasteiger partial charge >= 0.3 is 0 Å². The van der Waals surface area contributed by atoms with Crippen molar-refractivity contribution in [2.45, 2.75) is 18.5 Å². The molecule has 2 N–H and O–H groups in total. The fourth-order valence-electron chi connectivity index (χ4n) is 3.96. The van der Waals surface area contributed by atoms with Crippen molar-refractivity contribution in [2.75, 3.05) is 13.1 Å². The third-order valence-corrected chi connectivity index (χ3v) is 5.57. The fraction of sp³-hybridized carbons (Fsp3) is 0.192. The van der Waals surface area contributed by atoms with Gasteiger partial charge in [0.2, 0.25) is 11.8 Å². The van der Waals surface area contributed by atoms with Crippen LogP contribution in [0.25, 0.3) is 0 Å². The lowest BCUT2D eigenvalue weighted by Gasteiger charge is -2.36. The minimum absolute atomic E-state index is 0.0548. The Labute approximate surface area is 187 Å². The minimum atomic E-state index is -0.682. The summed E-state index contributed by atoms with van der Waals surface area (Å²) in [5, 5.41) is 5.85. The molecule has 1 aliphatic rings. The van der Waals surface area contributed by atoms with Crippen molar-refractivity contribution < 1.29 is 14.4 Å². The average Bonchev–Trinajstić information content (AvgIpc) is 2.85. The third kappa shape index (κ3) is 4.86. The van der Waals surface area contributed by atoms with Crippen molar-refractivity contribution in [3.63, 3.8) is 0 Å². The minimum Gasteiger partial charge on any atom is -0.352 e. The fourth-order valence-corrected chi connectivity index (χ4v) is 3.96. The van der Waals surface area contributed by atoms with E-state index in [2.05, 4.69) is 10.6 Å². The van der Waals surface area contributed by atoms with Gasteiger partial charge in [-0.3, -0.25) is 14.4 Å². The molecule has 0 spiro atoms. The summed E-state index contributed by atoms with van der Waals surface area (Å²) in [4.78, 5) is 40.5. The maximum atomic E-state index is 13.4. The van der Waals surface area contributed by atoms with Crippen LogP contribution in [0.4, 0.5) is 0 Å². The number of carbonyl (C=O) groups is 3. The lowest BCUT2D eigenvalue weighted by Crippen LogP contribution is -2.52. The summed E-state index contributed by atoms with van der Waals surface area (Å²) in [6, 6.07) is 26.4. The van der Waals surface area contributed by atoms with Gasteiger partial charge in [0.25, 0.3) is 5.91 Å². The molecule has 4 rings (SSSR count). The van der Waals surface area contributed by atoms with Crippen molar-refractivity contribution in [1.29, 1.82) is 0 Å².